The topological polar surface area (TPSA) is 28.9 Å². The van der Waals surface area contributed by atoms with Crippen LogP contribution in [0, 0.1) is 6.92 Å². The maximum Gasteiger partial charge on any atom is 0.256 e. The van der Waals surface area contributed by atoms with Crippen molar-refractivity contribution in [3.05, 3.63) is 199 Å². The fourth-order valence-electron chi connectivity index (χ4n) is 10.4. The summed E-state index contributed by atoms with van der Waals surface area (Å²) in [5.41, 5.74) is 18.3. The Labute approximate surface area is 387 Å². The zero-order valence-corrected chi connectivity index (χ0v) is 38.6. The molecule has 0 unspecified atom stereocenters. The first-order chi connectivity index (χ1) is 31.9. The van der Waals surface area contributed by atoms with Crippen LogP contribution in [-0.2, 0) is 10.8 Å². The summed E-state index contributed by atoms with van der Waals surface area (Å²) in [6.07, 6.45) is 0. The molecular formula is C61H51BN2O2. The molecule has 0 bridgehead atoms. The molecule has 0 saturated carbocycles. The zero-order chi connectivity index (χ0) is 45.1. The third kappa shape index (κ3) is 6.43. The van der Waals surface area contributed by atoms with Crippen LogP contribution in [0.3, 0.4) is 0 Å². The fourth-order valence-corrected chi connectivity index (χ4v) is 10.4. The molecule has 0 spiro atoms. The van der Waals surface area contributed by atoms with Crippen LogP contribution in [0.15, 0.2) is 186 Å². The molecule has 320 valence electrons. The molecule has 0 amide bonds. The van der Waals surface area contributed by atoms with E-state index in [9.17, 15) is 0 Å². The van der Waals surface area contributed by atoms with Gasteiger partial charge in [0, 0.05) is 50.2 Å². The van der Waals surface area contributed by atoms with Crippen molar-refractivity contribution in [3.8, 4) is 22.6 Å². The van der Waals surface area contributed by atoms with Crippen molar-refractivity contribution in [1.82, 2.24) is 0 Å². The van der Waals surface area contributed by atoms with E-state index in [0.717, 1.165) is 78.1 Å². The summed E-state index contributed by atoms with van der Waals surface area (Å²) < 4.78 is 14.0. The Kier molecular flexibility index (Phi) is 8.96. The summed E-state index contributed by atoms with van der Waals surface area (Å²) in [5, 5.41) is 4.32. The van der Waals surface area contributed by atoms with Crippen LogP contribution in [-0.4, -0.2) is 6.71 Å². The van der Waals surface area contributed by atoms with Gasteiger partial charge in [-0.2, -0.15) is 0 Å². The van der Waals surface area contributed by atoms with Crippen molar-refractivity contribution in [3.63, 3.8) is 0 Å². The first kappa shape index (κ1) is 40.0. The number of anilines is 6. The number of rotatable bonds is 5. The molecule has 0 fully saturated rings. The lowest BCUT2D eigenvalue weighted by Crippen LogP contribution is -2.59. The lowest BCUT2D eigenvalue weighted by atomic mass is 9.34. The average molecular weight is 855 g/mol. The second kappa shape index (κ2) is 14.8. The predicted octanol–water partition coefficient (Wildman–Crippen LogP) is 15.2. The smallest absolute Gasteiger partial charge is 0.256 e. The normalized spacial score (nSPS) is 13.1. The van der Waals surface area contributed by atoms with Gasteiger partial charge in [0.05, 0.1) is 5.69 Å². The second-order valence-electron chi connectivity index (χ2n) is 20.3. The van der Waals surface area contributed by atoms with Gasteiger partial charge >= 0.3 is 0 Å². The van der Waals surface area contributed by atoms with Gasteiger partial charge in [-0.05, 0) is 147 Å². The van der Waals surface area contributed by atoms with Gasteiger partial charge in [-0.25, -0.2) is 0 Å². The van der Waals surface area contributed by atoms with Crippen LogP contribution < -0.4 is 30.9 Å². The van der Waals surface area contributed by atoms with Gasteiger partial charge in [-0.15, -0.1) is 0 Å². The van der Waals surface area contributed by atoms with Crippen LogP contribution in [0.1, 0.15) is 58.2 Å². The molecule has 10 aromatic rings. The highest BCUT2D eigenvalue weighted by Crippen LogP contribution is 2.47. The van der Waals surface area contributed by atoms with E-state index in [4.69, 9.17) is 9.15 Å². The largest absolute Gasteiger partial charge is 0.458 e. The summed E-state index contributed by atoms with van der Waals surface area (Å²) in [6.45, 7) is 15.9. The number of para-hydroxylation sites is 2. The molecule has 9 aromatic carbocycles. The third-order valence-electron chi connectivity index (χ3n) is 13.9. The summed E-state index contributed by atoms with van der Waals surface area (Å²) in [7, 11) is 0. The monoisotopic (exact) mass is 854 g/mol. The van der Waals surface area contributed by atoms with E-state index in [1.165, 1.54) is 44.4 Å². The molecule has 12 rings (SSSR count). The minimum atomic E-state index is -0.0617. The van der Waals surface area contributed by atoms with E-state index in [-0.39, 0.29) is 17.5 Å². The number of aryl methyl sites for hydroxylation is 1. The summed E-state index contributed by atoms with van der Waals surface area (Å²) >= 11 is 0. The minimum Gasteiger partial charge on any atom is -0.458 e. The SMILES string of the molecule is Cc1ccc2c(c1)B1c3cc4oc5c6ccc(N(c7ccccc7)c7ccccc7)cc6ccc5c4cc3Oc3cccc(c31)N2c1ccc(C(C)(C)C)cc1-c1ccc(C(C)(C)C)cc1. The summed E-state index contributed by atoms with van der Waals surface area (Å²) in [6, 6.07) is 66.4. The maximum atomic E-state index is 7.04. The van der Waals surface area contributed by atoms with Crippen LogP contribution in [0.4, 0.5) is 34.1 Å². The van der Waals surface area contributed by atoms with Crippen molar-refractivity contribution in [2.45, 2.75) is 59.3 Å². The Bertz CT molecular complexity index is 3500. The molecular weight excluding hydrogens is 803 g/mol. The highest BCUT2D eigenvalue weighted by molar-refractivity contribution is 6.99. The first-order valence-electron chi connectivity index (χ1n) is 23.2. The molecule has 2 aliphatic heterocycles. The number of ether oxygens (including phenoxy) is 1. The molecule has 5 heteroatoms. The number of hydrogen-bond donors (Lipinski definition) is 0. The number of fused-ring (bicyclic) bond motifs is 9. The molecule has 3 heterocycles. The second-order valence-corrected chi connectivity index (χ2v) is 20.3. The number of nitrogens with zero attached hydrogens (tertiary/aromatic N) is 2. The van der Waals surface area contributed by atoms with Gasteiger partial charge in [0.1, 0.15) is 22.7 Å². The van der Waals surface area contributed by atoms with E-state index in [1.54, 1.807) is 0 Å². The molecule has 1 aromatic heterocycles. The molecule has 0 saturated heterocycles. The molecule has 0 aliphatic carbocycles. The van der Waals surface area contributed by atoms with Gasteiger partial charge in [0.25, 0.3) is 6.71 Å². The van der Waals surface area contributed by atoms with Crippen molar-refractivity contribution >= 4 is 89.9 Å². The first-order valence-corrected chi connectivity index (χ1v) is 23.2. The average Bonchev–Trinajstić information content (AvgIpc) is 3.68. The summed E-state index contributed by atoms with van der Waals surface area (Å²) in [4.78, 5) is 4.78. The highest BCUT2D eigenvalue weighted by Gasteiger charge is 2.43. The predicted molar refractivity (Wildman–Crippen MR) is 279 cm³/mol. The Hall–Kier alpha value is -7.50. The van der Waals surface area contributed by atoms with Crippen LogP contribution in [0.5, 0.6) is 11.5 Å². The van der Waals surface area contributed by atoms with E-state index < -0.39 is 0 Å². The highest BCUT2D eigenvalue weighted by atomic mass is 16.5. The van der Waals surface area contributed by atoms with Gasteiger partial charge in [0.2, 0.25) is 0 Å². The Balaban J connectivity index is 1.01. The van der Waals surface area contributed by atoms with Crippen LogP contribution in [0.2, 0.25) is 0 Å². The number of hydrogen-bond acceptors (Lipinski definition) is 4. The molecule has 0 radical (unpaired) electrons. The van der Waals surface area contributed by atoms with E-state index >= 15 is 0 Å². The Morgan fingerprint density at radius 2 is 1.17 bits per heavy atom. The standard InChI is InChI=1S/C61H51BN2O2/c1-38-21-31-53-50(33-38)62-51-37-56-49(47-29-24-40-34-45(28-30-46(40)59(47)66-56)63(43-15-10-8-11-16-43)44-17-12-9-13-18-44)36-57(51)65-55-20-14-19-54(58(55)62)64(53)52-32-27-42(61(5,6)7)35-48(52)39-22-25-41(26-23-39)60(2,3)4/h8-37H,1-7H3. The lowest BCUT2D eigenvalue weighted by molar-refractivity contribution is 0.488. The van der Waals surface area contributed by atoms with Gasteiger partial charge in [0.15, 0.2) is 0 Å². The van der Waals surface area contributed by atoms with Crippen LogP contribution in [0.25, 0.3) is 43.8 Å². The van der Waals surface area contributed by atoms with E-state index in [0.29, 0.717) is 0 Å². The quantitative estimate of drug-likeness (QED) is 0.161. The number of benzene rings is 9. The van der Waals surface area contributed by atoms with Crippen LogP contribution >= 0.6 is 0 Å². The Morgan fingerprint density at radius 1 is 0.485 bits per heavy atom. The zero-order valence-electron chi connectivity index (χ0n) is 38.6. The van der Waals surface area contributed by atoms with Crippen molar-refractivity contribution in [2.24, 2.45) is 0 Å². The van der Waals surface area contributed by atoms with Gasteiger partial charge in [-0.1, -0.05) is 138 Å². The van der Waals surface area contributed by atoms with Gasteiger partial charge < -0.3 is 19.0 Å². The van der Waals surface area contributed by atoms with Gasteiger partial charge in [-0.3, -0.25) is 0 Å². The fraction of sp³-hybridized carbons (Fsp3) is 0.148. The molecule has 0 N–H and O–H groups in total. The molecule has 4 nitrogen and oxygen atoms in total. The van der Waals surface area contributed by atoms with E-state index in [2.05, 4.69) is 240 Å². The third-order valence-corrected chi connectivity index (χ3v) is 13.9. The minimum absolute atomic E-state index is 0.0206. The Morgan fingerprint density at radius 3 is 1.88 bits per heavy atom. The maximum absolute atomic E-state index is 7.04. The van der Waals surface area contributed by atoms with Crippen molar-refractivity contribution in [2.75, 3.05) is 9.80 Å². The molecule has 66 heavy (non-hydrogen) atoms. The lowest BCUT2D eigenvalue weighted by Gasteiger charge is -2.41. The molecule has 2 aliphatic rings. The van der Waals surface area contributed by atoms with Crippen molar-refractivity contribution in [1.29, 1.82) is 0 Å². The van der Waals surface area contributed by atoms with Crippen molar-refractivity contribution < 1.29 is 9.15 Å². The summed E-state index contributed by atoms with van der Waals surface area (Å²) in [5.74, 6) is 1.75. The van der Waals surface area contributed by atoms with E-state index in [1.807, 2.05) is 0 Å². The molecule has 0 atom stereocenters. The number of furan rings is 1.